The molecule has 1 fully saturated rings. The van der Waals surface area contributed by atoms with Crippen molar-refractivity contribution in [2.75, 3.05) is 0 Å². The van der Waals surface area contributed by atoms with Gasteiger partial charge >= 0.3 is 5.97 Å². The van der Waals surface area contributed by atoms with E-state index < -0.39 is 11.4 Å². The third-order valence-electron chi connectivity index (χ3n) is 2.97. The zero-order valence-corrected chi connectivity index (χ0v) is 8.92. The van der Waals surface area contributed by atoms with Crippen molar-refractivity contribution in [2.45, 2.75) is 31.1 Å². The summed E-state index contributed by atoms with van der Waals surface area (Å²) in [6.45, 7) is 0. The highest BCUT2D eigenvalue weighted by molar-refractivity contribution is 7.09. The largest absolute Gasteiger partial charge is 0.481 e. The maximum Gasteiger partial charge on any atom is 0.315 e. The van der Waals surface area contributed by atoms with Gasteiger partial charge in [-0.2, -0.15) is 0 Å². The molecule has 0 saturated heterocycles. The zero-order chi connectivity index (χ0) is 10.9. The van der Waals surface area contributed by atoms with Gasteiger partial charge in [-0.1, -0.05) is 0 Å². The predicted molar refractivity (Wildman–Crippen MR) is 54.9 cm³/mol. The molecule has 0 aliphatic heterocycles. The normalized spacial score (nSPS) is 20.1. The fourth-order valence-electron chi connectivity index (χ4n) is 1.97. The summed E-state index contributed by atoms with van der Waals surface area (Å²) in [5, 5.41) is 9.31. The first-order valence-corrected chi connectivity index (χ1v) is 5.67. The summed E-state index contributed by atoms with van der Waals surface area (Å²) in [6.07, 6.45) is 3.15. The Morgan fingerprint density at radius 2 is 2.13 bits per heavy atom. The first kappa shape index (κ1) is 10.3. The van der Waals surface area contributed by atoms with Gasteiger partial charge in [-0.3, -0.25) is 14.6 Å². The van der Waals surface area contributed by atoms with E-state index in [-0.39, 0.29) is 5.78 Å². The highest BCUT2D eigenvalue weighted by Crippen LogP contribution is 2.40. The van der Waals surface area contributed by atoms with Crippen molar-refractivity contribution in [1.82, 2.24) is 4.98 Å². The monoisotopic (exact) mass is 225 g/mol. The third-order valence-corrected chi connectivity index (χ3v) is 3.95. The SMILES string of the molecule is O=C1CCC(C(=O)O)(c2cncs2)CC1. The van der Waals surface area contributed by atoms with Gasteiger partial charge in [0.25, 0.3) is 0 Å². The summed E-state index contributed by atoms with van der Waals surface area (Å²) in [7, 11) is 0. The van der Waals surface area contributed by atoms with Crippen LogP contribution in [0.3, 0.4) is 0 Å². The van der Waals surface area contributed by atoms with Crippen LogP contribution in [0.5, 0.6) is 0 Å². The molecule has 0 aromatic carbocycles. The molecular formula is C10H11NO3S. The number of Topliss-reactive ketones (excluding diaryl/α,β-unsaturated/α-hetero) is 1. The van der Waals surface area contributed by atoms with Gasteiger partial charge in [-0.15, -0.1) is 11.3 Å². The van der Waals surface area contributed by atoms with Crippen molar-refractivity contribution in [3.63, 3.8) is 0 Å². The number of carboxylic acids is 1. The van der Waals surface area contributed by atoms with E-state index >= 15 is 0 Å². The number of carbonyl (C=O) groups is 2. The van der Waals surface area contributed by atoms with E-state index in [2.05, 4.69) is 4.98 Å². The van der Waals surface area contributed by atoms with Crippen molar-refractivity contribution < 1.29 is 14.7 Å². The number of carboxylic acid groups (broad SMARTS) is 1. The van der Waals surface area contributed by atoms with Crippen LogP contribution in [0.25, 0.3) is 0 Å². The van der Waals surface area contributed by atoms with Gasteiger partial charge in [0, 0.05) is 23.9 Å². The number of hydrogen-bond donors (Lipinski definition) is 1. The molecule has 0 radical (unpaired) electrons. The average molecular weight is 225 g/mol. The summed E-state index contributed by atoms with van der Waals surface area (Å²) in [6, 6.07) is 0. The summed E-state index contributed by atoms with van der Waals surface area (Å²) in [5.74, 6) is -0.671. The minimum Gasteiger partial charge on any atom is -0.481 e. The summed E-state index contributed by atoms with van der Waals surface area (Å²) in [5.41, 5.74) is 0.769. The molecular weight excluding hydrogens is 214 g/mol. The van der Waals surface area contributed by atoms with Crippen LogP contribution in [-0.4, -0.2) is 21.8 Å². The molecule has 1 aromatic rings. The molecule has 2 rings (SSSR count). The van der Waals surface area contributed by atoms with Crippen molar-refractivity contribution in [3.05, 3.63) is 16.6 Å². The van der Waals surface area contributed by atoms with E-state index in [9.17, 15) is 14.7 Å². The second-order valence-corrected chi connectivity index (χ2v) is 4.68. The van der Waals surface area contributed by atoms with Gasteiger partial charge in [0.05, 0.1) is 5.51 Å². The molecule has 0 atom stereocenters. The van der Waals surface area contributed by atoms with Crippen molar-refractivity contribution in [1.29, 1.82) is 0 Å². The van der Waals surface area contributed by atoms with E-state index in [0.29, 0.717) is 25.7 Å². The standard InChI is InChI=1S/C10H11NO3S/c12-7-1-3-10(4-2-7,9(13)14)8-5-11-6-15-8/h5-6H,1-4H2,(H,13,14). The fourth-order valence-corrected chi connectivity index (χ4v) is 2.85. The van der Waals surface area contributed by atoms with Crippen LogP contribution < -0.4 is 0 Å². The van der Waals surface area contributed by atoms with E-state index in [1.165, 1.54) is 11.3 Å². The lowest BCUT2D eigenvalue weighted by Gasteiger charge is -2.31. The minimum atomic E-state index is -0.866. The molecule has 0 amide bonds. The molecule has 15 heavy (non-hydrogen) atoms. The first-order chi connectivity index (χ1) is 7.15. The van der Waals surface area contributed by atoms with Gasteiger partial charge in [-0.25, -0.2) is 0 Å². The molecule has 1 aliphatic carbocycles. The quantitative estimate of drug-likeness (QED) is 0.830. The van der Waals surface area contributed by atoms with Crippen LogP contribution in [0.1, 0.15) is 30.6 Å². The van der Waals surface area contributed by atoms with Crippen molar-refractivity contribution >= 4 is 23.1 Å². The zero-order valence-electron chi connectivity index (χ0n) is 8.10. The second-order valence-electron chi connectivity index (χ2n) is 3.79. The average Bonchev–Trinajstić information content (AvgIpc) is 2.72. The van der Waals surface area contributed by atoms with E-state index in [1.54, 1.807) is 11.7 Å². The number of carbonyl (C=O) groups excluding carboxylic acids is 1. The number of hydrogen-bond acceptors (Lipinski definition) is 4. The number of aliphatic carboxylic acids is 1. The first-order valence-electron chi connectivity index (χ1n) is 4.79. The number of ketones is 1. The van der Waals surface area contributed by atoms with Gasteiger partial charge in [0.2, 0.25) is 0 Å². The minimum absolute atomic E-state index is 0.163. The van der Waals surface area contributed by atoms with Crippen molar-refractivity contribution in [3.8, 4) is 0 Å². The smallest absolute Gasteiger partial charge is 0.315 e. The fraction of sp³-hybridized carbons (Fsp3) is 0.500. The number of nitrogens with zero attached hydrogens (tertiary/aromatic N) is 1. The maximum atomic E-state index is 11.3. The molecule has 1 heterocycles. The molecule has 1 aliphatic rings. The third kappa shape index (κ3) is 1.67. The molecule has 1 saturated carbocycles. The van der Waals surface area contributed by atoms with Crippen LogP contribution >= 0.6 is 11.3 Å². The van der Waals surface area contributed by atoms with Gasteiger partial charge in [0.1, 0.15) is 11.2 Å². The summed E-state index contributed by atoms with van der Waals surface area (Å²) >= 11 is 1.35. The van der Waals surface area contributed by atoms with E-state index in [4.69, 9.17) is 0 Å². The van der Waals surface area contributed by atoms with Gasteiger partial charge in [0.15, 0.2) is 0 Å². The van der Waals surface area contributed by atoms with E-state index in [0.717, 1.165) is 4.88 Å². The molecule has 0 unspecified atom stereocenters. The summed E-state index contributed by atoms with van der Waals surface area (Å²) < 4.78 is 0. The molecule has 4 nitrogen and oxygen atoms in total. The lowest BCUT2D eigenvalue weighted by molar-refractivity contribution is -0.145. The van der Waals surface area contributed by atoms with Gasteiger partial charge < -0.3 is 5.11 Å². The predicted octanol–water partition coefficient (Wildman–Crippen LogP) is 1.61. The highest BCUT2D eigenvalue weighted by atomic mass is 32.1. The Labute approximate surface area is 91.0 Å². The highest BCUT2D eigenvalue weighted by Gasteiger charge is 2.44. The second kappa shape index (κ2) is 3.73. The lowest BCUT2D eigenvalue weighted by Crippen LogP contribution is -2.39. The molecule has 5 heteroatoms. The Kier molecular flexibility index (Phi) is 2.56. The Hall–Kier alpha value is -1.23. The van der Waals surface area contributed by atoms with Gasteiger partial charge in [-0.05, 0) is 12.8 Å². The van der Waals surface area contributed by atoms with Crippen LogP contribution in [0.2, 0.25) is 0 Å². The molecule has 80 valence electrons. The molecule has 1 N–H and O–H groups in total. The van der Waals surface area contributed by atoms with Crippen molar-refractivity contribution in [2.24, 2.45) is 0 Å². The Bertz CT molecular complexity index is 375. The topological polar surface area (TPSA) is 67.3 Å². The number of thiazole rings is 1. The molecule has 0 spiro atoms. The van der Waals surface area contributed by atoms with Crippen LogP contribution in [0.15, 0.2) is 11.7 Å². The van der Waals surface area contributed by atoms with Crippen LogP contribution in [0.4, 0.5) is 0 Å². The molecule has 0 bridgehead atoms. The number of rotatable bonds is 2. The lowest BCUT2D eigenvalue weighted by atomic mass is 9.73. The van der Waals surface area contributed by atoms with E-state index in [1.807, 2.05) is 0 Å². The van der Waals surface area contributed by atoms with Crippen LogP contribution in [0, 0.1) is 0 Å². The Balaban J connectivity index is 2.34. The van der Waals surface area contributed by atoms with Crippen LogP contribution in [-0.2, 0) is 15.0 Å². The Morgan fingerprint density at radius 3 is 2.60 bits per heavy atom. The number of aromatic nitrogens is 1. The summed E-state index contributed by atoms with van der Waals surface area (Å²) in [4.78, 5) is 27.2. The Morgan fingerprint density at radius 1 is 1.47 bits per heavy atom. The molecule has 1 aromatic heterocycles. The maximum absolute atomic E-state index is 11.3.